The number of carbonyl (C=O) groups is 4. The van der Waals surface area contributed by atoms with E-state index in [0.29, 0.717) is 39.4 Å². The molecule has 0 radical (unpaired) electrons. The van der Waals surface area contributed by atoms with Gasteiger partial charge in [-0.05, 0) is 95.6 Å². The molecule has 194 valence electrons. The predicted octanol–water partition coefficient (Wildman–Crippen LogP) is 4.28. The zero-order valence-corrected chi connectivity index (χ0v) is 23.4. The topological polar surface area (TPSA) is 105 Å². The molecule has 2 fully saturated rings. The van der Waals surface area contributed by atoms with E-state index in [1.165, 1.54) is 7.11 Å². The Labute approximate surface area is 232 Å². The van der Waals surface area contributed by atoms with E-state index in [-0.39, 0.29) is 29.9 Å². The summed E-state index contributed by atoms with van der Waals surface area (Å²) in [4.78, 5) is 53.0. The third-order valence-corrected chi connectivity index (χ3v) is 7.53. The summed E-state index contributed by atoms with van der Waals surface area (Å²) < 4.78 is 11.9. The maximum Gasteiger partial charge on any atom is 0.294 e. The van der Waals surface area contributed by atoms with E-state index in [1.54, 1.807) is 29.2 Å². The van der Waals surface area contributed by atoms with Crippen LogP contribution >= 0.6 is 34.4 Å². The Kier molecular flexibility index (Phi) is 8.75. The number of carbonyl (C=O) groups excluding carboxylic acids is 4. The number of benzene rings is 2. The molecule has 2 aromatic rings. The van der Waals surface area contributed by atoms with Gasteiger partial charge in [-0.1, -0.05) is 12.1 Å². The molecule has 0 saturated carbocycles. The SMILES string of the molecule is COc1cc(/C=C2\SC(=O)N(CC(=O)N3CCCC3)C2=O)cc(I)c1OCC(=O)Nc1cccc(C)c1. The third kappa shape index (κ3) is 6.63. The number of hydrogen-bond donors (Lipinski definition) is 1. The van der Waals surface area contributed by atoms with Gasteiger partial charge in [0.1, 0.15) is 6.54 Å². The van der Waals surface area contributed by atoms with Gasteiger partial charge in [-0.15, -0.1) is 0 Å². The second kappa shape index (κ2) is 12.0. The van der Waals surface area contributed by atoms with Crippen molar-refractivity contribution in [2.75, 3.05) is 38.7 Å². The number of nitrogens with one attached hydrogen (secondary N) is 1. The molecule has 4 amide bonds. The van der Waals surface area contributed by atoms with Crippen LogP contribution in [0.5, 0.6) is 11.5 Å². The lowest BCUT2D eigenvalue weighted by Crippen LogP contribution is -2.40. The molecule has 4 rings (SSSR count). The van der Waals surface area contributed by atoms with Gasteiger partial charge in [-0.2, -0.15) is 0 Å². The standard InChI is InChI=1S/C26H26IN3O6S/c1-16-6-5-7-18(10-16)28-22(31)15-36-24-19(27)11-17(12-20(24)35-2)13-21-25(33)30(26(34)37-21)14-23(32)29-8-3-4-9-29/h5-7,10-13H,3-4,8-9,14-15H2,1-2H3,(H,28,31)/b21-13-. The summed E-state index contributed by atoms with van der Waals surface area (Å²) in [6.45, 7) is 2.79. The van der Waals surface area contributed by atoms with E-state index in [0.717, 1.165) is 35.1 Å². The zero-order valence-electron chi connectivity index (χ0n) is 20.4. The number of ether oxygens (including phenoxy) is 2. The molecular weight excluding hydrogens is 609 g/mol. The van der Waals surface area contributed by atoms with Gasteiger partial charge in [0, 0.05) is 18.8 Å². The number of thioether (sulfide) groups is 1. The second-order valence-electron chi connectivity index (χ2n) is 8.60. The highest BCUT2D eigenvalue weighted by atomic mass is 127. The summed E-state index contributed by atoms with van der Waals surface area (Å²) in [5.41, 5.74) is 2.33. The summed E-state index contributed by atoms with van der Waals surface area (Å²) >= 11 is 2.86. The second-order valence-corrected chi connectivity index (χ2v) is 10.8. The first-order valence-corrected chi connectivity index (χ1v) is 13.5. The average molecular weight is 635 g/mol. The number of hydrogen-bond acceptors (Lipinski definition) is 7. The quantitative estimate of drug-likeness (QED) is 0.341. The van der Waals surface area contributed by atoms with Crippen LogP contribution < -0.4 is 14.8 Å². The Morgan fingerprint density at radius 3 is 2.62 bits per heavy atom. The molecule has 1 N–H and O–H groups in total. The Hall–Kier alpha value is -3.06. The van der Waals surface area contributed by atoms with Gasteiger partial charge in [-0.3, -0.25) is 24.1 Å². The Bertz CT molecular complexity index is 1270. The number of anilines is 1. The largest absolute Gasteiger partial charge is 0.493 e. The summed E-state index contributed by atoms with van der Waals surface area (Å²) in [7, 11) is 1.48. The van der Waals surface area contributed by atoms with Crippen LogP contribution in [0.15, 0.2) is 41.3 Å². The number of rotatable bonds is 8. The fourth-order valence-electron chi connectivity index (χ4n) is 4.01. The molecule has 0 aliphatic carbocycles. The number of aryl methyl sites for hydroxylation is 1. The Morgan fingerprint density at radius 1 is 1.16 bits per heavy atom. The van der Waals surface area contributed by atoms with Gasteiger partial charge < -0.3 is 19.7 Å². The molecule has 2 aliphatic heterocycles. The van der Waals surface area contributed by atoms with Gasteiger partial charge in [0.2, 0.25) is 5.91 Å². The molecule has 0 unspecified atom stereocenters. The van der Waals surface area contributed by atoms with Crippen molar-refractivity contribution in [1.82, 2.24) is 9.80 Å². The molecule has 2 aliphatic rings. The number of likely N-dealkylation sites (tertiary alicyclic amines) is 1. The smallest absolute Gasteiger partial charge is 0.294 e. The summed E-state index contributed by atoms with van der Waals surface area (Å²) in [6.07, 6.45) is 3.46. The third-order valence-electron chi connectivity index (χ3n) is 5.82. The van der Waals surface area contributed by atoms with E-state index in [4.69, 9.17) is 9.47 Å². The van der Waals surface area contributed by atoms with Gasteiger partial charge in [-0.25, -0.2) is 0 Å². The van der Waals surface area contributed by atoms with Crippen molar-refractivity contribution in [3.05, 3.63) is 56.0 Å². The van der Waals surface area contributed by atoms with Crippen molar-refractivity contribution in [1.29, 1.82) is 0 Å². The van der Waals surface area contributed by atoms with Crippen molar-refractivity contribution >= 4 is 69.1 Å². The van der Waals surface area contributed by atoms with Gasteiger partial charge in [0.15, 0.2) is 18.1 Å². The molecule has 0 atom stereocenters. The van der Waals surface area contributed by atoms with Gasteiger partial charge in [0.05, 0.1) is 15.6 Å². The van der Waals surface area contributed by atoms with E-state index < -0.39 is 11.1 Å². The highest BCUT2D eigenvalue weighted by Crippen LogP contribution is 2.37. The van der Waals surface area contributed by atoms with Crippen molar-refractivity contribution in [2.24, 2.45) is 0 Å². The molecule has 11 heteroatoms. The van der Waals surface area contributed by atoms with Crippen molar-refractivity contribution in [2.45, 2.75) is 19.8 Å². The lowest BCUT2D eigenvalue weighted by atomic mass is 10.2. The summed E-state index contributed by atoms with van der Waals surface area (Å²) in [6, 6.07) is 10.9. The number of halogens is 1. The van der Waals surface area contributed by atoms with Crippen molar-refractivity contribution in [3.63, 3.8) is 0 Å². The molecule has 0 spiro atoms. The maximum absolute atomic E-state index is 12.9. The Morgan fingerprint density at radius 2 is 1.92 bits per heavy atom. The molecule has 0 aromatic heterocycles. The van der Waals surface area contributed by atoms with E-state index in [1.807, 2.05) is 25.1 Å². The van der Waals surface area contributed by atoms with Crippen LogP contribution in [0.1, 0.15) is 24.0 Å². The Balaban J connectivity index is 1.43. The molecule has 0 bridgehead atoms. The number of methoxy groups -OCH3 is 1. The molecule has 37 heavy (non-hydrogen) atoms. The minimum atomic E-state index is -0.496. The van der Waals surface area contributed by atoms with E-state index in [9.17, 15) is 19.2 Å². The van der Waals surface area contributed by atoms with Crippen LogP contribution in [-0.4, -0.2) is 66.1 Å². The molecular formula is C26H26IN3O6S. The lowest BCUT2D eigenvalue weighted by molar-refractivity contribution is -0.135. The fourth-order valence-corrected chi connectivity index (χ4v) is 5.63. The first-order valence-electron chi connectivity index (χ1n) is 11.6. The van der Waals surface area contributed by atoms with Crippen LogP contribution in [-0.2, 0) is 14.4 Å². The minimum Gasteiger partial charge on any atom is -0.493 e. The molecule has 2 saturated heterocycles. The predicted molar refractivity (Wildman–Crippen MR) is 150 cm³/mol. The van der Waals surface area contributed by atoms with Crippen LogP contribution in [0.4, 0.5) is 10.5 Å². The van der Waals surface area contributed by atoms with Gasteiger partial charge >= 0.3 is 0 Å². The number of nitrogens with zero attached hydrogens (tertiary/aromatic N) is 2. The van der Waals surface area contributed by atoms with Crippen molar-refractivity contribution < 1.29 is 28.7 Å². The van der Waals surface area contributed by atoms with Crippen LogP contribution in [0.25, 0.3) is 6.08 Å². The summed E-state index contributed by atoms with van der Waals surface area (Å²) in [5.74, 6) is -0.256. The van der Waals surface area contributed by atoms with E-state index >= 15 is 0 Å². The average Bonchev–Trinajstić information content (AvgIpc) is 3.48. The summed E-state index contributed by atoms with van der Waals surface area (Å²) in [5, 5.41) is 2.33. The first-order chi connectivity index (χ1) is 17.7. The zero-order chi connectivity index (χ0) is 26.5. The molecule has 2 aromatic carbocycles. The first kappa shape index (κ1) is 27.0. The molecule has 2 heterocycles. The highest BCUT2D eigenvalue weighted by molar-refractivity contribution is 14.1. The van der Waals surface area contributed by atoms with Crippen LogP contribution in [0.2, 0.25) is 0 Å². The monoisotopic (exact) mass is 635 g/mol. The number of amides is 4. The lowest BCUT2D eigenvalue weighted by Gasteiger charge is -2.18. The van der Waals surface area contributed by atoms with Gasteiger partial charge in [0.25, 0.3) is 17.1 Å². The molecule has 9 nitrogen and oxygen atoms in total. The minimum absolute atomic E-state index is 0.217. The normalized spacial score (nSPS) is 16.5. The maximum atomic E-state index is 12.9. The fraction of sp³-hybridized carbons (Fsp3) is 0.308. The van der Waals surface area contributed by atoms with E-state index in [2.05, 4.69) is 27.9 Å². The van der Waals surface area contributed by atoms with Crippen LogP contribution in [0, 0.1) is 10.5 Å². The highest BCUT2D eigenvalue weighted by Gasteiger charge is 2.37. The number of imide groups is 1. The van der Waals surface area contributed by atoms with Crippen LogP contribution in [0.3, 0.4) is 0 Å². The van der Waals surface area contributed by atoms with Crippen molar-refractivity contribution in [3.8, 4) is 11.5 Å².